The predicted molar refractivity (Wildman–Crippen MR) is 117 cm³/mol. The summed E-state index contributed by atoms with van der Waals surface area (Å²) in [6.07, 6.45) is 2.34. The van der Waals surface area contributed by atoms with Gasteiger partial charge in [-0.3, -0.25) is 4.57 Å². The quantitative estimate of drug-likeness (QED) is 0.352. The molecule has 30 heavy (non-hydrogen) atoms. The van der Waals surface area contributed by atoms with Crippen molar-refractivity contribution in [2.45, 2.75) is 36.4 Å². The van der Waals surface area contributed by atoms with Crippen LogP contribution in [0.2, 0.25) is 5.02 Å². The van der Waals surface area contributed by atoms with Gasteiger partial charge in [0.2, 0.25) is 11.8 Å². The minimum atomic E-state index is 0.189. The molecule has 4 heterocycles. The number of nitrogens with zero attached hydrogens (tertiary/aromatic N) is 5. The summed E-state index contributed by atoms with van der Waals surface area (Å²) in [5, 5.41) is 20.6. The Balaban J connectivity index is 1.35. The first kappa shape index (κ1) is 19.7. The van der Waals surface area contributed by atoms with E-state index >= 15 is 0 Å². The molecule has 0 aliphatic carbocycles. The van der Waals surface area contributed by atoms with Gasteiger partial charge in [0.1, 0.15) is 0 Å². The average molecular weight is 460 g/mol. The van der Waals surface area contributed by atoms with Crippen molar-refractivity contribution in [3.05, 3.63) is 52.7 Å². The van der Waals surface area contributed by atoms with E-state index in [2.05, 4.69) is 31.0 Å². The Kier molecular flexibility index (Phi) is 5.85. The van der Waals surface area contributed by atoms with Gasteiger partial charge < -0.3 is 9.15 Å². The minimum absolute atomic E-state index is 0.189. The van der Waals surface area contributed by atoms with Crippen molar-refractivity contribution in [1.82, 2.24) is 25.0 Å². The maximum absolute atomic E-state index is 6.23. The molecule has 1 fully saturated rings. The highest BCUT2D eigenvalue weighted by Crippen LogP contribution is 2.31. The minimum Gasteiger partial charge on any atom is -0.420 e. The maximum Gasteiger partial charge on any atom is 0.249 e. The second kappa shape index (κ2) is 8.89. The van der Waals surface area contributed by atoms with Gasteiger partial charge in [-0.1, -0.05) is 41.6 Å². The number of ether oxygens (including phenoxy) is 1. The molecule has 7 nitrogen and oxygen atoms in total. The van der Waals surface area contributed by atoms with E-state index in [1.165, 1.54) is 11.8 Å². The first-order valence-corrected chi connectivity index (χ1v) is 11.8. The van der Waals surface area contributed by atoms with Crippen LogP contribution in [0.5, 0.6) is 0 Å². The molecule has 1 atom stereocenters. The smallest absolute Gasteiger partial charge is 0.249 e. The van der Waals surface area contributed by atoms with Crippen LogP contribution >= 0.6 is 34.7 Å². The monoisotopic (exact) mass is 459 g/mol. The van der Waals surface area contributed by atoms with Gasteiger partial charge in [0, 0.05) is 6.61 Å². The molecular formula is C20H18ClN5O2S2. The molecule has 3 aromatic heterocycles. The molecule has 1 aromatic carbocycles. The van der Waals surface area contributed by atoms with Gasteiger partial charge in [-0.25, -0.2) is 0 Å². The molecule has 0 radical (unpaired) electrons. The summed E-state index contributed by atoms with van der Waals surface area (Å²) in [6.45, 7) is 1.55. The number of thioether (sulfide) groups is 1. The molecule has 154 valence electrons. The van der Waals surface area contributed by atoms with Crippen LogP contribution in [-0.2, 0) is 17.0 Å². The van der Waals surface area contributed by atoms with E-state index in [0.717, 1.165) is 47.4 Å². The largest absolute Gasteiger partial charge is 0.420 e. The van der Waals surface area contributed by atoms with E-state index in [4.69, 9.17) is 20.8 Å². The van der Waals surface area contributed by atoms with Crippen LogP contribution in [0.3, 0.4) is 0 Å². The molecule has 0 bridgehead atoms. The maximum atomic E-state index is 6.23. The van der Waals surface area contributed by atoms with Gasteiger partial charge in [0.25, 0.3) is 0 Å². The molecule has 4 aromatic rings. The lowest BCUT2D eigenvalue weighted by atomic mass is 10.2. The van der Waals surface area contributed by atoms with Crippen molar-refractivity contribution in [2.24, 2.45) is 0 Å². The van der Waals surface area contributed by atoms with Gasteiger partial charge >= 0.3 is 0 Å². The molecule has 1 aliphatic heterocycles. The Bertz CT molecular complexity index is 1120. The third-order valence-electron chi connectivity index (χ3n) is 4.76. The third kappa shape index (κ3) is 4.15. The highest BCUT2D eigenvalue weighted by Gasteiger charge is 2.22. The SMILES string of the molecule is Clc1ccccc1-c1nnc(CSc2nnc(-c3cccs3)n2CC2CCCO2)o1. The van der Waals surface area contributed by atoms with E-state index in [-0.39, 0.29) is 6.10 Å². The van der Waals surface area contributed by atoms with Crippen LogP contribution in [0.15, 0.2) is 51.4 Å². The van der Waals surface area contributed by atoms with Crippen LogP contribution in [-0.4, -0.2) is 37.7 Å². The lowest BCUT2D eigenvalue weighted by Crippen LogP contribution is -2.16. The van der Waals surface area contributed by atoms with Gasteiger partial charge in [-0.2, -0.15) is 0 Å². The van der Waals surface area contributed by atoms with Crippen molar-refractivity contribution >= 4 is 34.7 Å². The van der Waals surface area contributed by atoms with Crippen LogP contribution < -0.4 is 0 Å². The zero-order chi connectivity index (χ0) is 20.3. The fraction of sp³-hybridized carbons (Fsp3) is 0.300. The summed E-state index contributed by atoms with van der Waals surface area (Å²) in [6, 6.07) is 11.5. The first-order chi connectivity index (χ1) is 14.8. The van der Waals surface area contributed by atoms with Crippen LogP contribution in [0, 0.1) is 0 Å². The predicted octanol–water partition coefficient (Wildman–Crippen LogP) is 5.18. The summed E-state index contributed by atoms with van der Waals surface area (Å²) in [5.74, 6) is 2.28. The number of hydrogen-bond donors (Lipinski definition) is 0. The molecule has 0 N–H and O–H groups in total. The Hall–Kier alpha value is -2.20. The Morgan fingerprint density at radius 3 is 2.87 bits per heavy atom. The number of benzene rings is 1. The van der Waals surface area contributed by atoms with Crippen LogP contribution in [0.1, 0.15) is 18.7 Å². The Morgan fingerprint density at radius 2 is 2.07 bits per heavy atom. The summed E-state index contributed by atoms with van der Waals surface area (Å²) in [4.78, 5) is 1.09. The fourth-order valence-electron chi connectivity index (χ4n) is 3.32. The normalized spacial score (nSPS) is 16.4. The first-order valence-electron chi connectivity index (χ1n) is 9.56. The lowest BCUT2D eigenvalue weighted by Gasteiger charge is -2.13. The van der Waals surface area contributed by atoms with Gasteiger partial charge in [0.05, 0.1) is 33.9 Å². The number of hydrogen-bond acceptors (Lipinski definition) is 8. The second-order valence-corrected chi connectivity index (χ2v) is 9.10. The number of rotatable bonds is 7. The van der Waals surface area contributed by atoms with Crippen molar-refractivity contribution < 1.29 is 9.15 Å². The van der Waals surface area contributed by atoms with Crippen molar-refractivity contribution in [3.8, 4) is 22.2 Å². The van der Waals surface area contributed by atoms with E-state index in [1.807, 2.05) is 29.6 Å². The number of aromatic nitrogens is 5. The standard InChI is InChI=1S/C20H18ClN5O2S2/c21-15-7-2-1-6-14(15)19-24-22-17(28-19)12-30-20-25-23-18(16-8-4-10-29-16)26(20)11-13-5-3-9-27-13/h1-2,4,6-8,10,13H,3,5,9,11-12H2. The van der Waals surface area contributed by atoms with Crippen molar-refractivity contribution in [2.75, 3.05) is 6.61 Å². The van der Waals surface area contributed by atoms with Gasteiger partial charge in [-0.05, 0) is 36.4 Å². The molecule has 0 spiro atoms. The molecule has 5 rings (SSSR count). The van der Waals surface area contributed by atoms with Crippen LogP contribution in [0.25, 0.3) is 22.2 Å². The Labute approximate surface area is 186 Å². The molecule has 1 aliphatic rings. The zero-order valence-electron chi connectivity index (χ0n) is 15.9. The molecular weight excluding hydrogens is 442 g/mol. The van der Waals surface area contributed by atoms with Gasteiger partial charge in [-0.15, -0.1) is 31.7 Å². The van der Waals surface area contributed by atoms with E-state index < -0.39 is 0 Å². The molecule has 1 saturated heterocycles. The Morgan fingerprint density at radius 1 is 1.13 bits per heavy atom. The second-order valence-electron chi connectivity index (χ2n) is 6.80. The summed E-state index contributed by atoms with van der Waals surface area (Å²) < 4.78 is 13.8. The molecule has 0 amide bonds. The summed E-state index contributed by atoms with van der Waals surface area (Å²) in [5.41, 5.74) is 0.726. The number of halogens is 1. The average Bonchev–Trinajstić information content (AvgIpc) is 3.55. The molecule has 1 unspecified atom stereocenters. The summed E-state index contributed by atoms with van der Waals surface area (Å²) in [7, 11) is 0. The highest BCUT2D eigenvalue weighted by atomic mass is 35.5. The highest BCUT2D eigenvalue weighted by molar-refractivity contribution is 7.98. The van der Waals surface area contributed by atoms with E-state index in [9.17, 15) is 0 Å². The van der Waals surface area contributed by atoms with Crippen molar-refractivity contribution in [3.63, 3.8) is 0 Å². The summed E-state index contributed by atoms with van der Waals surface area (Å²) >= 11 is 9.40. The van der Waals surface area contributed by atoms with Gasteiger partial charge in [0.15, 0.2) is 11.0 Å². The lowest BCUT2D eigenvalue weighted by molar-refractivity contribution is 0.0953. The van der Waals surface area contributed by atoms with E-state index in [1.54, 1.807) is 17.4 Å². The molecule has 0 saturated carbocycles. The molecule has 10 heteroatoms. The zero-order valence-corrected chi connectivity index (χ0v) is 18.3. The van der Waals surface area contributed by atoms with Crippen molar-refractivity contribution in [1.29, 1.82) is 0 Å². The topological polar surface area (TPSA) is 78.9 Å². The van der Waals surface area contributed by atoms with E-state index in [0.29, 0.717) is 22.6 Å². The number of thiophene rings is 1. The van der Waals surface area contributed by atoms with Crippen LogP contribution in [0.4, 0.5) is 0 Å². The fourth-order valence-corrected chi connectivity index (χ4v) is 5.04. The third-order valence-corrected chi connectivity index (χ3v) is 6.91.